The number of hydrogen-bond acceptors (Lipinski definition) is 3. The number of carbonyl (C=O) groups is 1. The van der Waals surface area contributed by atoms with E-state index in [1.807, 2.05) is 6.92 Å². The predicted molar refractivity (Wildman–Crippen MR) is 94.2 cm³/mol. The summed E-state index contributed by atoms with van der Waals surface area (Å²) < 4.78 is 61.1. The van der Waals surface area contributed by atoms with Gasteiger partial charge in [-0.3, -0.25) is 4.79 Å². The SMILES string of the molecule is CCCCN(C(=O)/C=C/c1ccc(C(F)(F)F)cc1)C1CCS(=O)(=O)C1. The molecule has 1 atom stereocenters. The first-order chi connectivity index (χ1) is 12.1. The first-order valence-corrected chi connectivity index (χ1v) is 10.3. The molecule has 2 rings (SSSR count). The standard InChI is InChI=1S/C18H22F3NO3S/c1-2-3-11-22(16-10-12-26(24,25)13-16)17(23)9-6-14-4-7-15(8-5-14)18(19,20)21/h4-9,16H,2-3,10-13H2,1H3/b9-6+. The zero-order valence-corrected chi connectivity index (χ0v) is 15.3. The van der Waals surface area contributed by atoms with Gasteiger partial charge in [0.1, 0.15) is 0 Å². The Labute approximate surface area is 151 Å². The molecule has 8 heteroatoms. The van der Waals surface area contributed by atoms with Crippen LogP contribution < -0.4 is 0 Å². The van der Waals surface area contributed by atoms with Crippen LogP contribution in [0.5, 0.6) is 0 Å². The van der Waals surface area contributed by atoms with Crippen LogP contribution >= 0.6 is 0 Å². The van der Waals surface area contributed by atoms with Gasteiger partial charge >= 0.3 is 6.18 Å². The number of hydrogen-bond donors (Lipinski definition) is 0. The van der Waals surface area contributed by atoms with Crippen molar-refractivity contribution in [2.75, 3.05) is 18.1 Å². The smallest absolute Gasteiger partial charge is 0.335 e. The van der Waals surface area contributed by atoms with Crippen molar-refractivity contribution in [2.24, 2.45) is 0 Å². The minimum atomic E-state index is -4.40. The number of alkyl halides is 3. The van der Waals surface area contributed by atoms with E-state index >= 15 is 0 Å². The van der Waals surface area contributed by atoms with Crippen LogP contribution in [0.4, 0.5) is 13.2 Å². The second kappa shape index (κ2) is 8.24. The van der Waals surface area contributed by atoms with Crippen LogP contribution in [0, 0.1) is 0 Å². The lowest BCUT2D eigenvalue weighted by Gasteiger charge is -2.27. The summed E-state index contributed by atoms with van der Waals surface area (Å²) in [6.07, 6.45) is 0.394. The number of nitrogens with zero attached hydrogens (tertiary/aromatic N) is 1. The van der Waals surface area contributed by atoms with E-state index in [1.54, 1.807) is 4.90 Å². The number of rotatable bonds is 6. The minimum absolute atomic E-state index is 0.0312. The Morgan fingerprint density at radius 1 is 1.27 bits per heavy atom. The predicted octanol–water partition coefficient (Wildman–Crippen LogP) is 3.53. The zero-order chi connectivity index (χ0) is 19.4. The molecular weight excluding hydrogens is 367 g/mol. The van der Waals surface area contributed by atoms with E-state index in [2.05, 4.69) is 0 Å². The van der Waals surface area contributed by atoms with E-state index in [1.165, 1.54) is 24.3 Å². The Hall–Kier alpha value is -1.83. The Balaban J connectivity index is 2.09. The Morgan fingerprint density at radius 2 is 1.92 bits per heavy atom. The maximum absolute atomic E-state index is 12.6. The molecule has 1 fully saturated rings. The van der Waals surface area contributed by atoms with Crippen LogP contribution in [0.15, 0.2) is 30.3 Å². The average Bonchev–Trinajstić information content (AvgIpc) is 2.92. The van der Waals surface area contributed by atoms with Gasteiger partial charge in [0.05, 0.1) is 17.1 Å². The number of unbranched alkanes of at least 4 members (excludes halogenated alkanes) is 1. The van der Waals surface area contributed by atoms with Crippen molar-refractivity contribution in [2.45, 2.75) is 38.4 Å². The van der Waals surface area contributed by atoms with Crippen LogP contribution in [-0.4, -0.2) is 43.3 Å². The normalized spacial score (nSPS) is 19.8. The molecule has 1 aliphatic heterocycles. The molecule has 1 heterocycles. The molecule has 0 aliphatic carbocycles. The van der Waals surface area contributed by atoms with E-state index in [0.29, 0.717) is 18.5 Å². The highest BCUT2D eigenvalue weighted by atomic mass is 32.2. The fraction of sp³-hybridized carbons (Fsp3) is 0.500. The maximum atomic E-state index is 12.6. The molecule has 0 spiro atoms. The topological polar surface area (TPSA) is 54.5 Å². The van der Waals surface area contributed by atoms with Crippen LogP contribution in [0.3, 0.4) is 0 Å². The minimum Gasteiger partial charge on any atom is -0.335 e. The summed E-state index contributed by atoms with van der Waals surface area (Å²) in [5.41, 5.74) is -0.275. The molecule has 1 amide bonds. The molecular formula is C18H22F3NO3S. The third-order valence-corrected chi connectivity index (χ3v) is 6.09. The van der Waals surface area contributed by atoms with Gasteiger partial charge in [-0.15, -0.1) is 0 Å². The van der Waals surface area contributed by atoms with E-state index in [9.17, 15) is 26.4 Å². The maximum Gasteiger partial charge on any atom is 0.416 e. The summed E-state index contributed by atoms with van der Waals surface area (Å²) in [5, 5.41) is 0. The molecule has 26 heavy (non-hydrogen) atoms. The van der Waals surface area contributed by atoms with Gasteiger partial charge < -0.3 is 4.90 Å². The lowest BCUT2D eigenvalue weighted by atomic mass is 10.1. The summed E-state index contributed by atoms with van der Waals surface area (Å²) in [7, 11) is -3.11. The first-order valence-electron chi connectivity index (χ1n) is 8.49. The lowest BCUT2D eigenvalue weighted by molar-refractivity contribution is -0.137. The van der Waals surface area contributed by atoms with E-state index in [4.69, 9.17) is 0 Å². The summed E-state index contributed by atoms with van der Waals surface area (Å²) >= 11 is 0. The first kappa shape index (κ1) is 20.5. The second-order valence-corrected chi connectivity index (χ2v) is 8.62. The average molecular weight is 389 g/mol. The summed E-state index contributed by atoms with van der Waals surface area (Å²) in [6, 6.07) is 4.17. The highest BCUT2D eigenvalue weighted by Gasteiger charge is 2.33. The van der Waals surface area contributed by atoms with Crippen molar-refractivity contribution in [3.63, 3.8) is 0 Å². The summed E-state index contributed by atoms with van der Waals surface area (Å²) in [5.74, 6) is -0.271. The van der Waals surface area contributed by atoms with Crippen LogP contribution in [0.25, 0.3) is 6.08 Å². The molecule has 144 valence electrons. The molecule has 1 aromatic rings. The molecule has 0 bridgehead atoms. The highest BCUT2D eigenvalue weighted by molar-refractivity contribution is 7.91. The summed E-state index contributed by atoms with van der Waals surface area (Å²) in [6.45, 7) is 2.44. The molecule has 1 saturated heterocycles. The van der Waals surface area contributed by atoms with Crippen molar-refractivity contribution in [1.82, 2.24) is 4.90 Å². The molecule has 4 nitrogen and oxygen atoms in total. The van der Waals surface area contributed by atoms with Crippen molar-refractivity contribution in [1.29, 1.82) is 0 Å². The van der Waals surface area contributed by atoms with Gasteiger partial charge in [-0.1, -0.05) is 25.5 Å². The second-order valence-electron chi connectivity index (χ2n) is 6.40. The largest absolute Gasteiger partial charge is 0.416 e. The van der Waals surface area contributed by atoms with Crippen molar-refractivity contribution >= 4 is 21.8 Å². The Bertz CT molecular complexity index is 755. The van der Waals surface area contributed by atoms with E-state index in [0.717, 1.165) is 25.0 Å². The lowest BCUT2D eigenvalue weighted by Crippen LogP contribution is -2.40. The molecule has 1 aliphatic rings. The van der Waals surface area contributed by atoms with Gasteiger partial charge in [-0.2, -0.15) is 13.2 Å². The Morgan fingerprint density at radius 3 is 2.42 bits per heavy atom. The van der Waals surface area contributed by atoms with Gasteiger partial charge in [0, 0.05) is 18.7 Å². The monoisotopic (exact) mass is 389 g/mol. The molecule has 1 unspecified atom stereocenters. The van der Waals surface area contributed by atoms with Crippen LogP contribution in [-0.2, 0) is 20.8 Å². The Kier molecular flexibility index (Phi) is 6.49. The fourth-order valence-corrected chi connectivity index (χ4v) is 4.60. The highest BCUT2D eigenvalue weighted by Crippen LogP contribution is 2.29. The van der Waals surface area contributed by atoms with Gasteiger partial charge in [-0.25, -0.2) is 8.42 Å². The van der Waals surface area contributed by atoms with Crippen molar-refractivity contribution in [3.05, 3.63) is 41.5 Å². The van der Waals surface area contributed by atoms with Gasteiger partial charge in [-0.05, 0) is 36.6 Å². The van der Waals surface area contributed by atoms with E-state index < -0.39 is 21.6 Å². The van der Waals surface area contributed by atoms with Crippen molar-refractivity contribution < 1.29 is 26.4 Å². The third kappa shape index (κ3) is 5.59. The van der Waals surface area contributed by atoms with E-state index in [-0.39, 0.29) is 23.5 Å². The summed E-state index contributed by atoms with van der Waals surface area (Å²) in [4.78, 5) is 14.1. The number of carbonyl (C=O) groups excluding carboxylic acids is 1. The molecule has 0 aromatic heterocycles. The molecule has 1 aromatic carbocycles. The van der Waals surface area contributed by atoms with Crippen LogP contribution in [0.2, 0.25) is 0 Å². The van der Waals surface area contributed by atoms with Gasteiger partial charge in [0.2, 0.25) is 5.91 Å². The number of halogens is 3. The van der Waals surface area contributed by atoms with Crippen LogP contribution in [0.1, 0.15) is 37.3 Å². The molecule has 0 N–H and O–H groups in total. The molecule has 0 saturated carbocycles. The molecule has 0 radical (unpaired) electrons. The third-order valence-electron chi connectivity index (χ3n) is 4.34. The number of benzene rings is 1. The number of sulfone groups is 1. The fourth-order valence-electron chi connectivity index (χ4n) is 2.87. The quantitative estimate of drug-likeness (QED) is 0.700. The zero-order valence-electron chi connectivity index (χ0n) is 14.5. The van der Waals surface area contributed by atoms with Gasteiger partial charge in [0.15, 0.2) is 9.84 Å². The van der Waals surface area contributed by atoms with Gasteiger partial charge in [0.25, 0.3) is 0 Å². The van der Waals surface area contributed by atoms with Crippen molar-refractivity contribution in [3.8, 4) is 0 Å². The number of amides is 1.